The van der Waals surface area contributed by atoms with Crippen molar-refractivity contribution in [2.45, 2.75) is 25.1 Å². The summed E-state index contributed by atoms with van der Waals surface area (Å²) in [5.41, 5.74) is 0.838. The molecule has 0 bridgehead atoms. The maximum absolute atomic E-state index is 13.0. The number of carbonyl (C=O) groups is 1. The predicted molar refractivity (Wildman–Crippen MR) is 92.4 cm³/mol. The third-order valence-electron chi connectivity index (χ3n) is 3.52. The molecule has 5 nitrogen and oxygen atoms in total. The van der Waals surface area contributed by atoms with Gasteiger partial charge in [0.1, 0.15) is 11.6 Å². The summed E-state index contributed by atoms with van der Waals surface area (Å²) in [6, 6.07) is 9.61. The molecule has 24 heavy (non-hydrogen) atoms. The third kappa shape index (κ3) is 3.73. The third-order valence-corrected chi connectivity index (χ3v) is 4.85. The number of nitrogens with zero attached hydrogens (tertiary/aromatic N) is 3. The zero-order valence-corrected chi connectivity index (χ0v) is 13.9. The van der Waals surface area contributed by atoms with E-state index < -0.39 is 0 Å². The first-order valence-electron chi connectivity index (χ1n) is 7.54. The van der Waals surface area contributed by atoms with Gasteiger partial charge in [0.2, 0.25) is 5.91 Å². The van der Waals surface area contributed by atoms with Gasteiger partial charge in [-0.25, -0.2) is 4.39 Å². The number of rotatable bonds is 5. The van der Waals surface area contributed by atoms with Gasteiger partial charge in [0, 0.05) is 0 Å². The van der Waals surface area contributed by atoms with Crippen LogP contribution in [-0.2, 0) is 11.3 Å². The van der Waals surface area contributed by atoms with E-state index in [0.717, 1.165) is 5.56 Å². The summed E-state index contributed by atoms with van der Waals surface area (Å²) in [6.07, 6.45) is 3.76. The van der Waals surface area contributed by atoms with E-state index in [1.54, 1.807) is 35.4 Å². The van der Waals surface area contributed by atoms with E-state index >= 15 is 0 Å². The van der Waals surface area contributed by atoms with E-state index in [0.29, 0.717) is 23.9 Å². The van der Waals surface area contributed by atoms with E-state index in [4.69, 9.17) is 4.42 Å². The Hall–Kier alpha value is -2.41. The van der Waals surface area contributed by atoms with Crippen LogP contribution < -0.4 is 0 Å². The first-order chi connectivity index (χ1) is 11.7. The maximum atomic E-state index is 13.0. The number of halogens is 1. The van der Waals surface area contributed by atoms with E-state index in [1.165, 1.54) is 30.1 Å². The highest BCUT2D eigenvalue weighted by atomic mass is 32.2. The molecule has 7 heteroatoms. The van der Waals surface area contributed by atoms with Crippen LogP contribution in [-0.4, -0.2) is 27.4 Å². The lowest BCUT2D eigenvalue weighted by Crippen LogP contribution is -2.31. The second-order valence-corrected chi connectivity index (χ2v) is 6.38. The van der Waals surface area contributed by atoms with Crippen molar-refractivity contribution in [3.63, 3.8) is 0 Å². The highest BCUT2D eigenvalue weighted by Gasteiger charge is 2.36. The van der Waals surface area contributed by atoms with Gasteiger partial charge in [-0.05, 0) is 36.2 Å². The number of thioether (sulfide) groups is 1. The molecular weight excluding hydrogens is 329 g/mol. The van der Waals surface area contributed by atoms with Crippen LogP contribution in [0.2, 0.25) is 0 Å². The molecule has 0 spiro atoms. The largest absolute Gasteiger partial charge is 0.463 e. The van der Waals surface area contributed by atoms with Gasteiger partial charge >= 0.3 is 0 Å². The van der Waals surface area contributed by atoms with Crippen molar-refractivity contribution in [2.75, 3.05) is 0 Å². The Morgan fingerprint density at radius 3 is 2.79 bits per heavy atom. The van der Waals surface area contributed by atoms with Crippen molar-refractivity contribution in [3.8, 4) is 0 Å². The summed E-state index contributed by atoms with van der Waals surface area (Å²) in [5.74, 6) is 0.286. The van der Waals surface area contributed by atoms with Crippen molar-refractivity contribution in [2.24, 2.45) is 10.2 Å². The van der Waals surface area contributed by atoms with Crippen molar-refractivity contribution in [1.29, 1.82) is 0 Å². The van der Waals surface area contributed by atoms with Gasteiger partial charge in [-0.3, -0.25) is 9.69 Å². The van der Waals surface area contributed by atoms with Gasteiger partial charge < -0.3 is 4.42 Å². The lowest BCUT2D eigenvalue weighted by Gasteiger charge is -2.15. The fourth-order valence-electron chi connectivity index (χ4n) is 2.26. The lowest BCUT2D eigenvalue weighted by molar-refractivity contribution is -0.126. The molecule has 0 saturated carbocycles. The molecule has 1 aromatic carbocycles. The average Bonchev–Trinajstić information content (AvgIpc) is 3.20. The van der Waals surface area contributed by atoms with Crippen molar-refractivity contribution in [3.05, 3.63) is 59.8 Å². The molecular formula is C17H16FN3O2S. The number of benzene rings is 1. The SMILES string of the molecule is CCC1S/C(=N\N=C\c2ccco2)N(Cc2ccc(F)cc2)C1=O. The summed E-state index contributed by atoms with van der Waals surface area (Å²) in [7, 11) is 0. The molecule has 1 unspecified atom stereocenters. The lowest BCUT2D eigenvalue weighted by atomic mass is 10.2. The van der Waals surface area contributed by atoms with Gasteiger partial charge in [0.15, 0.2) is 5.17 Å². The molecule has 124 valence electrons. The fourth-order valence-corrected chi connectivity index (χ4v) is 3.29. The predicted octanol–water partition coefficient (Wildman–Crippen LogP) is 3.66. The molecule has 1 aliphatic rings. The molecule has 0 aliphatic carbocycles. The molecule has 1 amide bonds. The molecule has 3 rings (SSSR count). The summed E-state index contributed by atoms with van der Waals surface area (Å²) >= 11 is 1.39. The van der Waals surface area contributed by atoms with E-state index in [1.807, 2.05) is 6.92 Å². The molecule has 1 atom stereocenters. The Morgan fingerprint density at radius 2 is 2.12 bits per heavy atom. The van der Waals surface area contributed by atoms with E-state index in [-0.39, 0.29) is 17.0 Å². The van der Waals surface area contributed by atoms with Crippen molar-refractivity contribution < 1.29 is 13.6 Å². The summed E-state index contributed by atoms with van der Waals surface area (Å²) < 4.78 is 18.2. The number of amides is 1. The van der Waals surface area contributed by atoms with Crippen LogP contribution in [0.1, 0.15) is 24.7 Å². The zero-order chi connectivity index (χ0) is 16.9. The normalized spacial score (nSPS) is 19.8. The Morgan fingerprint density at radius 1 is 1.33 bits per heavy atom. The molecule has 1 fully saturated rings. The number of furan rings is 1. The van der Waals surface area contributed by atoms with Gasteiger partial charge in [-0.2, -0.15) is 5.10 Å². The van der Waals surface area contributed by atoms with Crippen molar-refractivity contribution >= 4 is 29.1 Å². The van der Waals surface area contributed by atoms with Crippen LogP contribution in [0.25, 0.3) is 0 Å². The fraction of sp³-hybridized carbons (Fsp3) is 0.235. The maximum Gasteiger partial charge on any atom is 0.242 e. The monoisotopic (exact) mass is 345 g/mol. The standard InChI is InChI=1S/C17H16FN3O2S/c1-2-15-16(22)21(11-12-5-7-13(18)8-6-12)17(24-15)20-19-10-14-4-3-9-23-14/h3-10,15H,2,11H2,1H3/b19-10+,20-17-. The summed E-state index contributed by atoms with van der Waals surface area (Å²) in [5, 5.41) is 8.54. The van der Waals surface area contributed by atoms with Gasteiger partial charge in [-0.1, -0.05) is 30.8 Å². The van der Waals surface area contributed by atoms with Crippen LogP contribution in [0, 0.1) is 5.82 Å². The quantitative estimate of drug-likeness (QED) is 0.614. The highest BCUT2D eigenvalue weighted by Crippen LogP contribution is 2.30. The zero-order valence-electron chi connectivity index (χ0n) is 13.1. The van der Waals surface area contributed by atoms with Crippen LogP contribution >= 0.6 is 11.8 Å². The van der Waals surface area contributed by atoms with Crippen LogP contribution in [0.5, 0.6) is 0 Å². The molecule has 1 aromatic heterocycles. The number of carbonyl (C=O) groups excluding carboxylic acids is 1. The number of hydrogen-bond donors (Lipinski definition) is 0. The minimum Gasteiger partial charge on any atom is -0.463 e. The molecule has 1 saturated heterocycles. The first kappa shape index (κ1) is 16.4. The molecule has 1 aliphatic heterocycles. The Balaban J connectivity index is 1.79. The first-order valence-corrected chi connectivity index (χ1v) is 8.42. The Kier molecular flexibility index (Phi) is 5.10. The minimum absolute atomic E-state index is 0.00114. The van der Waals surface area contributed by atoms with Crippen LogP contribution in [0.3, 0.4) is 0 Å². The molecule has 0 radical (unpaired) electrons. The second-order valence-electron chi connectivity index (χ2n) is 5.21. The molecule has 2 aromatic rings. The number of amidine groups is 1. The molecule has 2 heterocycles. The number of hydrogen-bond acceptors (Lipinski definition) is 5. The van der Waals surface area contributed by atoms with Gasteiger partial charge in [0.25, 0.3) is 0 Å². The highest BCUT2D eigenvalue weighted by molar-refractivity contribution is 8.15. The van der Waals surface area contributed by atoms with E-state index in [9.17, 15) is 9.18 Å². The Labute approximate surface area is 143 Å². The van der Waals surface area contributed by atoms with Gasteiger partial charge in [0.05, 0.1) is 24.3 Å². The summed E-state index contributed by atoms with van der Waals surface area (Å²) in [4.78, 5) is 14.1. The summed E-state index contributed by atoms with van der Waals surface area (Å²) in [6.45, 7) is 2.30. The van der Waals surface area contributed by atoms with E-state index in [2.05, 4.69) is 10.2 Å². The van der Waals surface area contributed by atoms with Crippen LogP contribution in [0.15, 0.2) is 57.3 Å². The van der Waals surface area contributed by atoms with Crippen molar-refractivity contribution in [1.82, 2.24) is 4.90 Å². The minimum atomic E-state index is -0.302. The smallest absolute Gasteiger partial charge is 0.242 e. The average molecular weight is 345 g/mol. The second kappa shape index (κ2) is 7.44. The topological polar surface area (TPSA) is 58.2 Å². The molecule has 0 N–H and O–H groups in total. The Bertz CT molecular complexity index is 757. The van der Waals surface area contributed by atoms with Gasteiger partial charge in [-0.15, -0.1) is 5.10 Å². The van der Waals surface area contributed by atoms with Crippen LogP contribution in [0.4, 0.5) is 4.39 Å².